The van der Waals surface area contributed by atoms with E-state index < -0.39 is 0 Å². The van der Waals surface area contributed by atoms with Crippen LogP contribution < -0.4 is 5.73 Å². The molecule has 4 nitrogen and oxygen atoms in total. The van der Waals surface area contributed by atoms with Gasteiger partial charge in [-0.1, -0.05) is 0 Å². The minimum atomic E-state index is 0.363. The summed E-state index contributed by atoms with van der Waals surface area (Å²) in [4.78, 5) is 2.42. The molecule has 0 radical (unpaired) electrons. The van der Waals surface area contributed by atoms with E-state index in [0.717, 1.165) is 31.7 Å². The summed E-state index contributed by atoms with van der Waals surface area (Å²) in [5.74, 6) is 0. The van der Waals surface area contributed by atoms with Crippen LogP contribution in [-0.2, 0) is 13.6 Å². The molecule has 0 bridgehead atoms. The van der Waals surface area contributed by atoms with Gasteiger partial charge in [0.25, 0.3) is 0 Å². The molecule has 1 aromatic rings. The molecule has 0 spiro atoms. The molecule has 1 aromatic heterocycles. The largest absolute Gasteiger partial charge is 0.326 e. The Morgan fingerprint density at radius 1 is 1.47 bits per heavy atom. The molecule has 0 aromatic carbocycles. The SMILES string of the molecule is Cc1nn(C)c(C)c1CN1CC[C@H](N)C1. The highest BCUT2D eigenvalue weighted by molar-refractivity contribution is 5.24. The van der Waals surface area contributed by atoms with Gasteiger partial charge in [-0.05, 0) is 20.3 Å². The van der Waals surface area contributed by atoms with Crippen LogP contribution in [0.25, 0.3) is 0 Å². The summed E-state index contributed by atoms with van der Waals surface area (Å²) in [6, 6.07) is 0.363. The standard InChI is InChI=1S/C11H20N4/c1-8-11(9(2)14(3)13-8)7-15-5-4-10(12)6-15/h10H,4-7,12H2,1-3H3/t10-/m0/s1. The summed E-state index contributed by atoms with van der Waals surface area (Å²) in [5.41, 5.74) is 9.68. The lowest BCUT2D eigenvalue weighted by Crippen LogP contribution is -2.26. The van der Waals surface area contributed by atoms with Crippen LogP contribution in [0.3, 0.4) is 0 Å². The first-order chi connectivity index (χ1) is 7.08. The quantitative estimate of drug-likeness (QED) is 0.773. The summed E-state index contributed by atoms with van der Waals surface area (Å²) in [6.45, 7) is 7.35. The van der Waals surface area contributed by atoms with Gasteiger partial charge >= 0.3 is 0 Å². The van der Waals surface area contributed by atoms with Crippen LogP contribution in [-0.4, -0.2) is 33.8 Å². The summed E-state index contributed by atoms with van der Waals surface area (Å²) in [6.07, 6.45) is 1.12. The van der Waals surface area contributed by atoms with Crippen LogP contribution in [0, 0.1) is 13.8 Å². The Labute approximate surface area is 91.1 Å². The number of likely N-dealkylation sites (tertiary alicyclic amines) is 1. The monoisotopic (exact) mass is 208 g/mol. The number of nitrogens with two attached hydrogens (primary N) is 1. The fourth-order valence-electron chi connectivity index (χ4n) is 2.28. The molecule has 2 heterocycles. The molecule has 84 valence electrons. The van der Waals surface area contributed by atoms with Gasteiger partial charge in [0.05, 0.1) is 5.69 Å². The topological polar surface area (TPSA) is 47.1 Å². The molecular weight excluding hydrogens is 188 g/mol. The van der Waals surface area contributed by atoms with Crippen molar-refractivity contribution < 1.29 is 0 Å². The Morgan fingerprint density at radius 3 is 2.67 bits per heavy atom. The number of rotatable bonds is 2. The van der Waals surface area contributed by atoms with Crippen LogP contribution in [0.1, 0.15) is 23.4 Å². The third-order valence-electron chi connectivity index (χ3n) is 3.35. The number of hydrogen-bond acceptors (Lipinski definition) is 3. The molecular formula is C11H20N4. The Morgan fingerprint density at radius 2 is 2.20 bits per heavy atom. The van der Waals surface area contributed by atoms with Gasteiger partial charge in [-0.15, -0.1) is 0 Å². The maximum Gasteiger partial charge on any atom is 0.0641 e. The minimum Gasteiger partial charge on any atom is -0.326 e. The summed E-state index contributed by atoms with van der Waals surface area (Å²) in [5, 5.41) is 4.43. The van der Waals surface area contributed by atoms with E-state index in [2.05, 4.69) is 23.8 Å². The number of nitrogens with zero attached hydrogens (tertiary/aromatic N) is 3. The van der Waals surface area contributed by atoms with E-state index in [0.29, 0.717) is 6.04 Å². The summed E-state index contributed by atoms with van der Waals surface area (Å²) < 4.78 is 1.96. The van der Waals surface area contributed by atoms with Crippen molar-refractivity contribution in [3.8, 4) is 0 Å². The highest BCUT2D eigenvalue weighted by Gasteiger charge is 2.21. The van der Waals surface area contributed by atoms with E-state index in [1.54, 1.807) is 0 Å². The van der Waals surface area contributed by atoms with Gasteiger partial charge < -0.3 is 5.73 Å². The fraction of sp³-hybridized carbons (Fsp3) is 0.727. The Hall–Kier alpha value is -0.870. The Balaban J connectivity index is 2.10. The van der Waals surface area contributed by atoms with Gasteiger partial charge in [-0.3, -0.25) is 9.58 Å². The van der Waals surface area contributed by atoms with Crippen molar-refractivity contribution in [2.45, 2.75) is 32.9 Å². The van der Waals surface area contributed by atoms with Crippen LogP contribution in [0.2, 0.25) is 0 Å². The molecule has 1 atom stereocenters. The lowest BCUT2D eigenvalue weighted by Gasteiger charge is -2.15. The van der Waals surface area contributed by atoms with Crippen molar-refractivity contribution in [3.63, 3.8) is 0 Å². The molecule has 0 aliphatic carbocycles. The van der Waals surface area contributed by atoms with Gasteiger partial charge in [0.2, 0.25) is 0 Å². The predicted octanol–water partition coefficient (Wildman–Crippen LogP) is 0.570. The molecule has 4 heteroatoms. The molecule has 0 saturated carbocycles. The van der Waals surface area contributed by atoms with Crippen LogP contribution in [0.5, 0.6) is 0 Å². The molecule has 1 aliphatic heterocycles. The fourth-order valence-corrected chi connectivity index (χ4v) is 2.28. The van der Waals surface area contributed by atoms with E-state index in [1.807, 2.05) is 11.7 Å². The number of hydrogen-bond donors (Lipinski definition) is 1. The van der Waals surface area contributed by atoms with Crippen molar-refractivity contribution in [1.82, 2.24) is 14.7 Å². The second-order valence-electron chi connectivity index (χ2n) is 4.56. The summed E-state index contributed by atoms with van der Waals surface area (Å²) >= 11 is 0. The lowest BCUT2D eigenvalue weighted by atomic mass is 10.2. The zero-order valence-corrected chi connectivity index (χ0v) is 9.82. The Kier molecular flexibility index (Phi) is 2.80. The smallest absolute Gasteiger partial charge is 0.0641 e. The molecule has 0 unspecified atom stereocenters. The van der Waals surface area contributed by atoms with Gasteiger partial charge in [-0.2, -0.15) is 5.10 Å². The molecule has 1 aliphatic rings. The van der Waals surface area contributed by atoms with E-state index in [-0.39, 0.29) is 0 Å². The summed E-state index contributed by atoms with van der Waals surface area (Å²) in [7, 11) is 2.00. The average Bonchev–Trinajstić information content (AvgIpc) is 2.67. The highest BCUT2D eigenvalue weighted by atomic mass is 15.3. The van der Waals surface area contributed by atoms with Crippen LogP contribution >= 0.6 is 0 Å². The van der Waals surface area contributed by atoms with Crippen molar-refractivity contribution in [2.24, 2.45) is 12.8 Å². The maximum atomic E-state index is 5.90. The molecule has 0 amide bonds. The van der Waals surface area contributed by atoms with E-state index in [4.69, 9.17) is 5.73 Å². The average molecular weight is 208 g/mol. The first-order valence-electron chi connectivity index (χ1n) is 5.55. The van der Waals surface area contributed by atoms with Crippen LogP contribution in [0.4, 0.5) is 0 Å². The van der Waals surface area contributed by atoms with E-state index in [1.165, 1.54) is 11.3 Å². The first-order valence-corrected chi connectivity index (χ1v) is 5.55. The molecule has 2 N–H and O–H groups in total. The normalized spacial score (nSPS) is 22.5. The van der Waals surface area contributed by atoms with Crippen molar-refractivity contribution in [2.75, 3.05) is 13.1 Å². The lowest BCUT2D eigenvalue weighted by molar-refractivity contribution is 0.325. The third kappa shape index (κ3) is 2.06. The minimum absolute atomic E-state index is 0.363. The molecule has 15 heavy (non-hydrogen) atoms. The highest BCUT2D eigenvalue weighted by Crippen LogP contribution is 2.17. The molecule has 1 saturated heterocycles. The first kappa shape index (κ1) is 10.6. The zero-order chi connectivity index (χ0) is 11.0. The van der Waals surface area contributed by atoms with E-state index in [9.17, 15) is 0 Å². The van der Waals surface area contributed by atoms with Crippen molar-refractivity contribution in [1.29, 1.82) is 0 Å². The van der Waals surface area contributed by atoms with Gasteiger partial charge in [0, 0.05) is 44.0 Å². The van der Waals surface area contributed by atoms with Crippen molar-refractivity contribution in [3.05, 3.63) is 17.0 Å². The second kappa shape index (κ2) is 3.94. The van der Waals surface area contributed by atoms with Crippen molar-refractivity contribution >= 4 is 0 Å². The maximum absolute atomic E-state index is 5.90. The zero-order valence-electron chi connectivity index (χ0n) is 9.82. The van der Waals surface area contributed by atoms with E-state index >= 15 is 0 Å². The second-order valence-corrected chi connectivity index (χ2v) is 4.56. The molecule has 2 rings (SSSR count). The molecule has 1 fully saturated rings. The van der Waals surface area contributed by atoms with Gasteiger partial charge in [-0.25, -0.2) is 0 Å². The third-order valence-corrected chi connectivity index (χ3v) is 3.35. The Bertz CT molecular complexity index is 356. The predicted molar refractivity (Wildman–Crippen MR) is 60.6 cm³/mol. The van der Waals surface area contributed by atoms with Gasteiger partial charge in [0.15, 0.2) is 0 Å². The van der Waals surface area contributed by atoms with Crippen LogP contribution in [0.15, 0.2) is 0 Å². The van der Waals surface area contributed by atoms with Gasteiger partial charge in [0.1, 0.15) is 0 Å². The number of aromatic nitrogens is 2. The number of aryl methyl sites for hydroxylation is 2.